The number of nitrogens with one attached hydrogen (secondary N) is 1. The molecular formula is C15H21F2NO3. The zero-order valence-corrected chi connectivity index (χ0v) is 12.0. The van der Waals surface area contributed by atoms with E-state index in [9.17, 15) is 13.9 Å². The molecule has 0 radical (unpaired) electrons. The minimum absolute atomic E-state index is 0.0818. The van der Waals surface area contributed by atoms with Crippen molar-refractivity contribution >= 4 is 0 Å². The molecule has 0 atom stereocenters. The third kappa shape index (κ3) is 4.54. The van der Waals surface area contributed by atoms with E-state index in [1.807, 2.05) is 0 Å². The van der Waals surface area contributed by atoms with E-state index in [-0.39, 0.29) is 11.9 Å². The van der Waals surface area contributed by atoms with Crippen LogP contribution in [-0.4, -0.2) is 31.0 Å². The van der Waals surface area contributed by atoms with Gasteiger partial charge in [0.15, 0.2) is 11.5 Å². The first-order valence-corrected chi connectivity index (χ1v) is 7.12. The quantitative estimate of drug-likeness (QED) is 0.848. The maximum absolute atomic E-state index is 12.5. The molecule has 118 valence electrons. The van der Waals surface area contributed by atoms with Gasteiger partial charge in [-0.25, -0.2) is 0 Å². The Hall–Kier alpha value is -1.40. The average Bonchev–Trinajstić information content (AvgIpc) is 2.47. The van der Waals surface area contributed by atoms with Crippen LogP contribution in [0.4, 0.5) is 8.78 Å². The van der Waals surface area contributed by atoms with Crippen molar-refractivity contribution in [3.63, 3.8) is 0 Å². The predicted octanol–water partition coefficient (Wildman–Crippen LogP) is 2.69. The van der Waals surface area contributed by atoms with Crippen molar-refractivity contribution < 1.29 is 23.4 Å². The highest BCUT2D eigenvalue weighted by molar-refractivity contribution is 5.46. The highest BCUT2D eigenvalue weighted by Crippen LogP contribution is 2.32. The highest BCUT2D eigenvalue weighted by atomic mass is 19.3. The second-order valence-electron chi connectivity index (χ2n) is 5.21. The van der Waals surface area contributed by atoms with Crippen molar-refractivity contribution in [1.82, 2.24) is 5.32 Å². The van der Waals surface area contributed by atoms with Crippen LogP contribution in [0, 0.1) is 0 Å². The Bertz CT molecular complexity index is 449. The van der Waals surface area contributed by atoms with Crippen LogP contribution in [0.2, 0.25) is 0 Å². The van der Waals surface area contributed by atoms with Crippen LogP contribution in [0.25, 0.3) is 0 Å². The molecule has 6 heteroatoms. The molecule has 0 heterocycles. The van der Waals surface area contributed by atoms with Crippen molar-refractivity contribution in [2.24, 2.45) is 0 Å². The second kappa shape index (κ2) is 7.56. The van der Waals surface area contributed by atoms with Crippen molar-refractivity contribution in [1.29, 1.82) is 0 Å². The van der Waals surface area contributed by atoms with Gasteiger partial charge in [0, 0.05) is 18.2 Å². The Balaban J connectivity index is 2.01. The summed E-state index contributed by atoms with van der Waals surface area (Å²) in [4.78, 5) is 0. The summed E-state index contributed by atoms with van der Waals surface area (Å²) in [5.41, 5.74) is 0.640. The maximum Gasteiger partial charge on any atom is 0.387 e. The summed E-state index contributed by atoms with van der Waals surface area (Å²) in [6, 6.07) is 5.38. The van der Waals surface area contributed by atoms with E-state index in [2.05, 4.69) is 10.1 Å². The molecule has 21 heavy (non-hydrogen) atoms. The van der Waals surface area contributed by atoms with Gasteiger partial charge in [0.2, 0.25) is 0 Å². The zero-order valence-electron chi connectivity index (χ0n) is 12.0. The number of alkyl halides is 2. The maximum atomic E-state index is 12.5. The lowest BCUT2D eigenvalue weighted by molar-refractivity contribution is -0.0519. The minimum atomic E-state index is -2.88. The van der Waals surface area contributed by atoms with Crippen LogP contribution in [0.3, 0.4) is 0 Å². The van der Waals surface area contributed by atoms with E-state index in [1.165, 1.54) is 7.11 Å². The summed E-state index contributed by atoms with van der Waals surface area (Å²) in [6.07, 6.45) is 3.11. The second-order valence-corrected chi connectivity index (χ2v) is 5.21. The van der Waals surface area contributed by atoms with Crippen molar-refractivity contribution in [3.8, 4) is 11.5 Å². The fraction of sp³-hybridized carbons (Fsp3) is 0.600. The van der Waals surface area contributed by atoms with E-state index in [4.69, 9.17) is 4.74 Å². The smallest absolute Gasteiger partial charge is 0.387 e. The fourth-order valence-electron chi connectivity index (χ4n) is 2.62. The predicted molar refractivity (Wildman–Crippen MR) is 74.7 cm³/mol. The molecule has 0 spiro atoms. The molecule has 1 aliphatic carbocycles. The monoisotopic (exact) mass is 301 g/mol. The first-order valence-electron chi connectivity index (χ1n) is 7.12. The summed E-state index contributed by atoms with van der Waals surface area (Å²) in [7, 11) is 1.42. The Labute approximate surface area is 123 Å². The van der Waals surface area contributed by atoms with Crippen LogP contribution in [0.5, 0.6) is 11.5 Å². The van der Waals surface area contributed by atoms with Gasteiger partial charge in [-0.2, -0.15) is 8.78 Å². The normalized spacial score (nSPS) is 22.3. The Morgan fingerprint density at radius 3 is 2.62 bits per heavy atom. The summed E-state index contributed by atoms with van der Waals surface area (Å²) in [5, 5.41) is 12.8. The number of aliphatic hydroxyl groups excluding tert-OH is 1. The van der Waals surface area contributed by atoms with Crippen LogP contribution < -0.4 is 14.8 Å². The molecular weight excluding hydrogens is 280 g/mol. The number of benzene rings is 1. The highest BCUT2D eigenvalue weighted by Gasteiger charge is 2.20. The van der Waals surface area contributed by atoms with Crippen LogP contribution in [-0.2, 0) is 6.54 Å². The molecule has 0 aliphatic heterocycles. The number of aliphatic hydroxyl groups is 1. The average molecular weight is 301 g/mol. The standard InChI is InChI=1S/C15H21F2NO3/c1-20-13-4-2-3-10(14(13)21-15(16)17)9-18-11-5-7-12(19)8-6-11/h2-4,11-12,15,18-19H,5-9H2,1H3. The molecule has 0 bridgehead atoms. The van der Waals surface area contributed by atoms with Gasteiger partial charge >= 0.3 is 6.61 Å². The van der Waals surface area contributed by atoms with Gasteiger partial charge in [-0.05, 0) is 31.7 Å². The first kappa shape index (κ1) is 16.0. The van der Waals surface area contributed by atoms with Gasteiger partial charge in [-0.3, -0.25) is 0 Å². The fourth-order valence-corrected chi connectivity index (χ4v) is 2.62. The Morgan fingerprint density at radius 2 is 2.00 bits per heavy atom. The zero-order chi connectivity index (χ0) is 15.2. The largest absolute Gasteiger partial charge is 0.493 e. The lowest BCUT2D eigenvalue weighted by Gasteiger charge is -2.26. The summed E-state index contributed by atoms with van der Waals surface area (Å²) < 4.78 is 34.7. The number of halogens is 2. The van der Waals surface area contributed by atoms with Crippen molar-refractivity contribution in [2.45, 2.75) is 51.0 Å². The molecule has 1 aromatic carbocycles. The molecule has 1 fully saturated rings. The molecule has 1 aromatic rings. The van der Waals surface area contributed by atoms with Gasteiger partial charge in [0.25, 0.3) is 0 Å². The van der Waals surface area contributed by atoms with Gasteiger partial charge in [0.1, 0.15) is 0 Å². The molecule has 2 N–H and O–H groups in total. The SMILES string of the molecule is COc1cccc(CNC2CCC(O)CC2)c1OC(F)F. The minimum Gasteiger partial charge on any atom is -0.493 e. The van der Waals surface area contributed by atoms with Crippen LogP contribution >= 0.6 is 0 Å². The molecule has 2 rings (SSSR count). The third-order valence-corrected chi connectivity index (χ3v) is 3.77. The summed E-state index contributed by atoms with van der Waals surface area (Å²) >= 11 is 0. The van der Waals surface area contributed by atoms with E-state index >= 15 is 0 Å². The molecule has 4 nitrogen and oxygen atoms in total. The Kier molecular flexibility index (Phi) is 5.76. The molecule has 0 amide bonds. The third-order valence-electron chi connectivity index (χ3n) is 3.77. The number of methoxy groups -OCH3 is 1. The van der Waals surface area contributed by atoms with Gasteiger partial charge in [0.05, 0.1) is 13.2 Å². The molecule has 0 saturated heterocycles. The number of ether oxygens (including phenoxy) is 2. The van der Waals surface area contributed by atoms with Gasteiger partial charge < -0.3 is 19.9 Å². The topological polar surface area (TPSA) is 50.7 Å². The Morgan fingerprint density at radius 1 is 1.29 bits per heavy atom. The molecule has 1 saturated carbocycles. The van der Waals surface area contributed by atoms with Gasteiger partial charge in [-0.1, -0.05) is 12.1 Å². The van der Waals surface area contributed by atoms with E-state index < -0.39 is 6.61 Å². The lowest BCUT2D eigenvalue weighted by Crippen LogP contribution is -2.34. The van der Waals surface area contributed by atoms with E-state index in [1.54, 1.807) is 18.2 Å². The summed E-state index contributed by atoms with van der Waals surface area (Å²) in [6.45, 7) is -2.45. The molecule has 0 unspecified atom stereocenters. The number of hydrogen-bond acceptors (Lipinski definition) is 4. The van der Waals surface area contributed by atoms with Crippen LogP contribution in [0.15, 0.2) is 18.2 Å². The molecule has 1 aliphatic rings. The molecule has 0 aromatic heterocycles. The lowest BCUT2D eigenvalue weighted by atomic mass is 9.93. The first-order chi connectivity index (χ1) is 10.1. The van der Waals surface area contributed by atoms with Gasteiger partial charge in [-0.15, -0.1) is 0 Å². The van der Waals surface area contributed by atoms with Crippen molar-refractivity contribution in [3.05, 3.63) is 23.8 Å². The van der Waals surface area contributed by atoms with E-state index in [0.717, 1.165) is 25.7 Å². The summed E-state index contributed by atoms with van der Waals surface area (Å²) in [5.74, 6) is 0.381. The van der Waals surface area contributed by atoms with Crippen LogP contribution in [0.1, 0.15) is 31.2 Å². The number of rotatable bonds is 6. The number of para-hydroxylation sites is 1. The van der Waals surface area contributed by atoms with E-state index in [0.29, 0.717) is 23.9 Å². The number of hydrogen-bond donors (Lipinski definition) is 2. The van der Waals surface area contributed by atoms with Crippen molar-refractivity contribution in [2.75, 3.05) is 7.11 Å².